The van der Waals surface area contributed by atoms with Crippen molar-refractivity contribution < 1.29 is 0 Å². The standard InChI is InChI=1S/C13H13ClN4S/c1-9-2-4-15-13-12(9)17-11(6-14)18(13)5-3-10-7-19-8-16-10/h2,4,7-8H,3,5-6H2,1H3. The Bertz CT molecular complexity index is 690. The lowest BCUT2D eigenvalue weighted by atomic mass is 10.3. The minimum atomic E-state index is 0.396. The molecule has 0 fully saturated rings. The van der Waals surface area contributed by atoms with E-state index >= 15 is 0 Å². The molecule has 0 N–H and O–H groups in total. The van der Waals surface area contributed by atoms with Crippen LogP contribution in [0.5, 0.6) is 0 Å². The maximum absolute atomic E-state index is 5.99. The number of halogens is 1. The molecule has 0 spiro atoms. The Balaban J connectivity index is 1.99. The number of thiazole rings is 1. The summed E-state index contributed by atoms with van der Waals surface area (Å²) in [5, 5.41) is 2.07. The molecule has 19 heavy (non-hydrogen) atoms. The molecule has 3 aromatic heterocycles. The van der Waals surface area contributed by atoms with Crippen LogP contribution < -0.4 is 0 Å². The monoisotopic (exact) mass is 292 g/mol. The van der Waals surface area contributed by atoms with E-state index in [2.05, 4.69) is 24.9 Å². The molecule has 0 saturated heterocycles. The van der Waals surface area contributed by atoms with Crippen LogP contribution in [0.4, 0.5) is 0 Å². The highest BCUT2D eigenvalue weighted by Gasteiger charge is 2.12. The average molecular weight is 293 g/mol. The molecular formula is C13H13ClN4S. The molecule has 0 aromatic carbocycles. The van der Waals surface area contributed by atoms with Crippen LogP contribution in [-0.4, -0.2) is 19.5 Å². The molecule has 3 rings (SSSR count). The zero-order chi connectivity index (χ0) is 13.2. The lowest BCUT2D eigenvalue weighted by Gasteiger charge is -2.05. The molecule has 4 nitrogen and oxygen atoms in total. The predicted octanol–water partition coefficient (Wildman–Crippen LogP) is 3.18. The first-order valence-corrected chi connectivity index (χ1v) is 7.51. The topological polar surface area (TPSA) is 43.6 Å². The van der Waals surface area contributed by atoms with Gasteiger partial charge in [-0.3, -0.25) is 0 Å². The summed E-state index contributed by atoms with van der Waals surface area (Å²) in [6.07, 6.45) is 2.69. The van der Waals surface area contributed by atoms with Gasteiger partial charge in [-0.05, 0) is 18.6 Å². The molecule has 0 radical (unpaired) electrons. The highest BCUT2D eigenvalue weighted by atomic mass is 35.5. The molecule has 0 atom stereocenters. The van der Waals surface area contributed by atoms with Gasteiger partial charge in [0.1, 0.15) is 11.3 Å². The van der Waals surface area contributed by atoms with Crippen molar-refractivity contribution in [3.63, 3.8) is 0 Å². The second kappa shape index (κ2) is 5.27. The first-order valence-electron chi connectivity index (χ1n) is 6.03. The fourth-order valence-electron chi connectivity index (χ4n) is 2.11. The van der Waals surface area contributed by atoms with Crippen molar-refractivity contribution in [2.75, 3.05) is 0 Å². The smallest absolute Gasteiger partial charge is 0.160 e. The molecule has 0 aliphatic carbocycles. The third-order valence-electron chi connectivity index (χ3n) is 3.11. The summed E-state index contributed by atoms with van der Waals surface area (Å²) in [5.41, 5.74) is 5.93. The lowest BCUT2D eigenvalue weighted by molar-refractivity contribution is 0.675. The number of aryl methyl sites for hydroxylation is 3. The molecule has 0 unspecified atom stereocenters. The van der Waals surface area contributed by atoms with Crippen LogP contribution >= 0.6 is 22.9 Å². The Labute approximate surface area is 120 Å². The second-order valence-corrected chi connectivity index (χ2v) is 5.33. The third kappa shape index (κ3) is 2.35. The Morgan fingerprint density at radius 3 is 3.00 bits per heavy atom. The normalized spacial score (nSPS) is 11.3. The van der Waals surface area contributed by atoms with Crippen LogP contribution in [0.15, 0.2) is 23.2 Å². The highest BCUT2D eigenvalue weighted by molar-refractivity contribution is 7.07. The number of aromatic nitrogens is 4. The van der Waals surface area contributed by atoms with Crippen molar-refractivity contribution >= 4 is 34.1 Å². The predicted molar refractivity (Wildman–Crippen MR) is 77.6 cm³/mol. The van der Waals surface area contributed by atoms with Crippen LogP contribution in [-0.2, 0) is 18.8 Å². The van der Waals surface area contributed by atoms with E-state index in [4.69, 9.17) is 11.6 Å². The molecule has 3 aromatic rings. The van der Waals surface area contributed by atoms with Crippen LogP contribution in [0.3, 0.4) is 0 Å². The largest absolute Gasteiger partial charge is 0.311 e. The van der Waals surface area contributed by atoms with Crippen molar-refractivity contribution in [2.45, 2.75) is 25.8 Å². The van der Waals surface area contributed by atoms with E-state index in [1.807, 2.05) is 24.7 Å². The second-order valence-electron chi connectivity index (χ2n) is 4.34. The first-order chi connectivity index (χ1) is 9.29. The van der Waals surface area contributed by atoms with Gasteiger partial charge in [0.15, 0.2) is 5.65 Å². The molecule has 0 aliphatic heterocycles. The van der Waals surface area contributed by atoms with E-state index in [1.54, 1.807) is 11.3 Å². The zero-order valence-electron chi connectivity index (χ0n) is 10.5. The number of rotatable bonds is 4. The zero-order valence-corrected chi connectivity index (χ0v) is 12.1. The lowest BCUT2D eigenvalue weighted by Crippen LogP contribution is -2.06. The van der Waals surface area contributed by atoms with Gasteiger partial charge >= 0.3 is 0 Å². The van der Waals surface area contributed by atoms with Crippen LogP contribution in [0.2, 0.25) is 0 Å². The van der Waals surface area contributed by atoms with Gasteiger partial charge in [0.2, 0.25) is 0 Å². The minimum Gasteiger partial charge on any atom is -0.311 e. The number of hydrogen-bond acceptors (Lipinski definition) is 4. The fourth-order valence-corrected chi connectivity index (χ4v) is 2.90. The Hall–Kier alpha value is -1.46. The number of hydrogen-bond donors (Lipinski definition) is 0. The van der Waals surface area contributed by atoms with Gasteiger partial charge in [-0.2, -0.15) is 0 Å². The Kier molecular flexibility index (Phi) is 3.48. The minimum absolute atomic E-state index is 0.396. The van der Waals surface area contributed by atoms with E-state index in [9.17, 15) is 0 Å². The Morgan fingerprint density at radius 2 is 2.26 bits per heavy atom. The van der Waals surface area contributed by atoms with Crippen LogP contribution in [0.25, 0.3) is 11.2 Å². The molecule has 6 heteroatoms. The Morgan fingerprint density at radius 1 is 1.37 bits per heavy atom. The molecule has 0 bridgehead atoms. The quantitative estimate of drug-likeness (QED) is 0.694. The van der Waals surface area contributed by atoms with Gasteiger partial charge in [0.05, 0.1) is 17.1 Å². The van der Waals surface area contributed by atoms with Crippen LogP contribution in [0, 0.1) is 6.92 Å². The van der Waals surface area contributed by atoms with Gasteiger partial charge < -0.3 is 4.57 Å². The summed E-state index contributed by atoms with van der Waals surface area (Å²) >= 11 is 7.61. The number of nitrogens with zero attached hydrogens (tertiary/aromatic N) is 4. The first kappa shape index (κ1) is 12.6. The summed E-state index contributed by atoms with van der Waals surface area (Å²) < 4.78 is 2.09. The SMILES string of the molecule is Cc1ccnc2c1nc(CCl)n2CCc1cscn1. The maximum atomic E-state index is 5.99. The molecular weight excluding hydrogens is 280 g/mol. The van der Waals surface area contributed by atoms with Crippen LogP contribution in [0.1, 0.15) is 17.1 Å². The van der Waals surface area contributed by atoms with Gasteiger partial charge in [-0.15, -0.1) is 22.9 Å². The molecule has 0 amide bonds. The van der Waals surface area contributed by atoms with E-state index in [0.29, 0.717) is 5.88 Å². The summed E-state index contributed by atoms with van der Waals surface area (Å²) in [6.45, 7) is 2.85. The number of imidazole rings is 1. The summed E-state index contributed by atoms with van der Waals surface area (Å²) in [6, 6.07) is 1.97. The number of fused-ring (bicyclic) bond motifs is 1. The summed E-state index contributed by atoms with van der Waals surface area (Å²) in [5.74, 6) is 1.26. The molecule has 0 saturated carbocycles. The maximum Gasteiger partial charge on any atom is 0.160 e. The van der Waals surface area contributed by atoms with Crippen molar-refractivity contribution in [2.24, 2.45) is 0 Å². The van der Waals surface area contributed by atoms with Gasteiger partial charge in [0, 0.05) is 24.5 Å². The van der Waals surface area contributed by atoms with E-state index in [0.717, 1.165) is 41.2 Å². The highest BCUT2D eigenvalue weighted by Crippen LogP contribution is 2.19. The van der Waals surface area contributed by atoms with Crippen molar-refractivity contribution in [1.82, 2.24) is 19.5 Å². The van der Waals surface area contributed by atoms with Gasteiger partial charge in [0.25, 0.3) is 0 Å². The number of alkyl halides is 1. The van der Waals surface area contributed by atoms with Crippen molar-refractivity contribution in [3.05, 3.63) is 40.2 Å². The third-order valence-corrected chi connectivity index (χ3v) is 3.98. The van der Waals surface area contributed by atoms with E-state index in [1.165, 1.54) is 0 Å². The fraction of sp³-hybridized carbons (Fsp3) is 0.308. The molecule has 0 aliphatic rings. The van der Waals surface area contributed by atoms with Gasteiger partial charge in [-0.25, -0.2) is 15.0 Å². The molecule has 98 valence electrons. The average Bonchev–Trinajstić information content (AvgIpc) is 3.03. The summed E-state index contributed by atoms with van der Waals surface area (Å²) in [7, 11) is 0. The number of pyridine rings is 1. The molecule has 3 heterocycles. The van der Waals surface area contributed by atoms with Gasteiger partial charge in [-0.1, -0.05) is 0 Å². The van der Waals surface area contributed by atoms with E-state index < -0.39 is 0 Å². The van der Waals surface area contributed by atoms with Crippen molar-refractivity contribution in [1.29, 1.82) is 0 Å². The summed E-state index contributed by atoms with van der Waals surface area (Å²) in [4.78, 5) is 13.3. The van der Waals surface area contributed by atoms with Crippen molar-refractivity contribution in [3.8, 4) is 0 Å². The van der Waals surface area contributed by atoms with E-state index in [-0.39, 0.29) is 0 Å².